The fraction of sp³-hybridized carbons (Fsp3) is 0.348. The second-order valence-corrected chi connectivity index (χ2v) is 8.36. The Hall–Kier alpha value is -2.61. The van der Waals surface area contributed by atoms with Gasteiger partial charge in [0, 0.05) is 30.6 Å². The maximum absolute atomic E-state index is 13.1. The number of aliphatic hydroxyl groups is 1. The van der Waals surface area contributed by atoms with Crippen molar-refractivity contribution in [3.05, 3.63) is 63.4 Å². The number of hydrogen-bond donors (Lipinski definition) is 1. The second kappa shape index (κ2) is 10.3. The van der Waals surface area contributed by atoms with E-state index >= 15 is 0 Å². The van der Waals surface area contributed by atoms with Crippen LogP contribution in [0.1, 0.15) is 37.4 Å². The van der Waals surface area contributed by atoms with Crippen molar-refractivity contribution < 1.29 is 24.2 Å². The molecule has 7 nitrogen and oxygen atoms in total. The molecule has 9 heteroatoms. The van der Waals surface area contributed by atoms with Gasteiger partial charge in [-0.25, -0.2) is 0 Å². The van der Waals surface area contributed by atoms with Crippen molar-refractivity contribution in [2.24, 2.45) is 0 Å². The Bertz CT molecular complexity index is 1040. The molecule has 0 aliphatic carbocycles. The highest BCUT2D eigenvalue weighted by atomic mass is 35.5. The van der Waals surface area contributed by atoms with E-state index in [1.807, 2.05) is 13.8 Å². The highest BCUT2D eigenvalue weighted by Gasteiger charge is 2.46. The third kappa shape index (κ3) is 4.90. The first kappa shape index (κ1) is 24.0. The highest BCUT2D eigenvalue weighted by molar-refractivity contribution is 6.46. The number of likely N-dealkylation sites (tertiary alicyclic amines) is 1. The Kier molecular flexibility index (Phi) is 7.77. The van der Waals surface area contributed by atoms with Gasteiger partial charge in [-0.15, -0.1) is 0 Å². The van der Waals surface area contributed by atoms with Crippen LogP contribution in [0.5, 0.6) is 5.75 Å². The lowest BCUT2D eigenvalue weighted by atomic mass is 9.96. The largest absolute Gasteiger partial charge is 0.507 e. The average Bonchev–Trinajstić information content (AvgIpc) is 3.01. The Labute approximate surface area is 196 Å². The van der Waals surface area contributed by atoms with Crippen molar-refractivity contribution in [2.45, 2.75) is 32.4 Å². The summed E-state index contributed by atoms with van der Waals surface area (Å²) in [7, 11) is 1.39. The molecule has 32 heavy (non-hydrogen) atoms. The summed E-state index contributed by atoms with van der Waals surface area (Å²) in [5.74, 6) is -1.79. The Morgan fingerprint density at radius 2 is 2.03 bits per heavy atom. The Morgan fingerprint density at radius 1 is 1.28 bits per heavy atom. The van der Waals surface area contributed by atoms with Crippen LogP contribution in [-0.4, -0.2) is 53.0 Å². The highest BCUT2D eigenvalue weighted by Crippen LogP contribution is 2.43. The topological polar surface area (TPSA) is 89.0 Å². The molecule has 1 unspecified atom stereocenters. The number of halogens is 2. The zero-order chi connectivity index (χ0) is 23.4. The maximum atomic E-state index is 13.1. The third-order valence-corrected chi connectivity index (χ3v) is 5.50. The van der Waals surface area contributed by atoms with Gasteiger partial charge in [0.15, 0.2) is 0 Å². The van der Waals surface area contributed by atoms with Gasteiger partial charge in [0.2, 0.25) is 0 Å². The fourth-order valence-electron chi connectivity index (χ4n) is 3.64. The van der Waals surface area contributed by atoms with E-state index in [9.17, 15) is 14.7 Å². The first-order valence-corrected chi connectivity index (χ1v) is 10.8. The van der Waals surface area contributed by atoms with Gasteiger partial charge in [-0.3, -0.25) is 14.6 Å². The molecule has 1 aromatic heterocycles. The van der Waals surface area contributed by atoms with Gasteiger partial charge in [0.1, 0.15) is 11.5 Å². The maximum Gasteiger partial charge on any atom is 0.295 e. The van der Waals surface area contributed by atoms with Gasteiger partial charge in [-0.2, -0.15) is 0 Å². The molecule has 1 aliphatic rings. The summed E-state index contributed by atoms with van der Waals surface area (Å²) < 4.78 is 10.9. The summed E-state index contributed by atoms with van der Waals surface area (Å²) in [6.45, 7) is 4.54. The number of aromatic nitrogens is 1. The first-order valence-electron chi connectivity index (χ1n) is 10.1. The van der Waals surface area contributed by atoms with Crippen LogP contribution < -0.4 is 4.74 Å². The van der Waals surface area contributed by atoms with Crippen molar-refractivity contribution in [2.75, 3.05) is 20.3 Å². The van der Waals surface area contributed by atoms with E-state index in [1.54, 1.807) is 24.5 Å². The number of pyridine rings is 1. The van der Waals surface area contributed by atoms with Crippen LogP contribution in [0.4, 0.5) is 0 Å². The molecule has 1 amide bonds. The smallest absolute Gasteiger partial charge is 0.295 e. The lowest BCUT2D eigenvalue weighted by Crippen LogP contribution is -2.31. The van der Waals surface area contributed by atoms with E-state index in [4.69, 9.17) is 32.7 Å². The number of Topliss-reactive ketones (excluding diaryl/α,β-unsaturated/α-hetero) is 1. The molecular weight excluding hydrogens is 455 g/mol. The summed E-state index contributed by atoms with van der Waals surface area (Å²) in [4.78, 5) is 31.5. The number of amides is 1. The molecule has 1 N–H and O–H groups in total. The van der Waals surface area contributed by atoms with Crippen LogP contribution in [0.2, 0.25) is 10.0 Å². The number of carbonyl (C=O) groups excluding carboxylic acids is 2. The van der Waals surface area contributed by atoms with Crippen molar-refractivity contribution >= 4 is 40.7 Å². The lowest BCUT2D eigenvalue weighted by molar-refractivity contribution is -0.140. The number of rotatable bonds is 8. The molecule has 2 heterocycles. The van der Waals surface area contributed by atoms with E-state index < -0.39 is 23.5 Å². The molecule has 0 radical (unpaired) electrons. The van der Waals surface area contributed by atoms with Crippen LogP contribution >= 0.6 is 23.2 Å². The number of methoxy groups -OCH3 is 1. The van der Waals surface area contributed by atoms with Crippen molar-refractivity contribution in [3.63, 3.8) is 0 Å². The van der Waals surface area contributed by atoms with Gasteiger partial charge in [-0.1, -0.05) is 29.3 Å². The molecule has 0 saturated carbocycles. The minimum atomic E-state index is -0.829. The van der Waals surface area contributed by atoms with E-state index in [0.29, 0.717) is 18.6 Å². The molecule has 170 valence electrons. The van der Waals surface area contributed by atoms with Crippen molar-refractivity contribution in [3.8, 4) is 5.75 Å². The van der Waals surface area contributed by atoms with Crippen molar-refractivity contribution in [1.82, 2.24) is 9.88 Å². The van der Waals surface area contributed by atoms with Crippen LogP contribution in [0.15, 0.2) is 42.2 Å². The van der Waals surface area contributed by atoms with Crippen LogP contribution in [0.25, 0.3) is 5.76 Å². The van der Waals surface area contributed by atoms with E-state index in [1.165, 1.54) is 24.1 Å². The number of carbonyl (C=O) groups is 2. The summed E-state index contributed by atoms with van der Waals surface area (Å²) in [5.41, 5.74) is 0.634. The number of benzene rings is 1. The Balaban J connectivity index is 2.11. The zero-order valence-electron chi connectivity index (χ0n) is 18.0. The molecule has 0 spiro atoms. The molecule has 1 fully saturated rings. The number of ketones is 1. The predicted molar refractivity (Wildman–Crippen MR) is 122 cm³/mol. The van der Waals surface area contributed by atoms with Gasteiger partial charge in [0.25, 0.3) is 11.7 Å². The molecule has 2 aromatic rings. The SMILES string of the molecule is COc1c(Cl)cc(Cl)cc1/C(O)=C1\C(=O)C(=O)N(CCCOC(C)C)C1c1cccnc1. The van der Waals surface area contributed by atoms with E-state index in [0.717, 1.165) is 0 Å². The van der Waals surface area contributed by atoms with Crippen LogP contribution in [-0.2, 0) is 14.3 Å². The molecule has 1 saturated heterocycles. The molecule has 1 aliphatic heterocycles. The lowest BCUT2D eigenvalue weighted by Gasteiger charge is -2.25. The number of ether oxygens (including phenoxy) is 2. The second-order valence-electron chi connectivity index (χ2n) is 7.52. The quantitative estimate of drug-likeness (QED) is 0.257. The first-order chi connectivity index (χ1) is 15.3. The number of hydrogen-bond acceptors (Lipinski definition) is 6. The van der Waals surface area contributed by atoms with Crippen LogP contribution in [0, 0.1) is 0 Å². The fourth-order valence-corrected chi connectivity index (χ4v) is 4.21. The minimum absolute atomic E-state index is 0.0552. The molecule has 1 aromatic carbocycles. The Morgan fingerprint density at radius 3 is 2.66 bits per heavy atom. The van der Waals surface area contributed by atoms with Gasteiger partial charge in [-0.05, 0) is 44.0 Å². The molecular formula is C23H24Cl2N2O5. The summed E-state index contributed by atoms with van der Waals surface area (Å²) >= 11 is 12.3. The number of nitrogens with zero attached hydrogens (tertiary/aromatic N) is 2. The standard InChI is InChI=1S/C23H24Cl2N2O5/c1-13(2)32-9-5-8-27-19(14-6-4-7-26-12-14)18(21(29)23(27)30)20(28)16-10-15(24)11-17(25)22(16)31-3/h4,6-7,10-13,19,28H,5,8-9H2,1-3H3/b20-18+. The molecule has 0 bridgehead atoms. The average molecular weight is 479 g/mol. The minimum Gasteiger partial charge on any atom is -0.507 e. The normalized spacial score (nSPS) is 17.9. The van der Waals surface area contributed by atoms with Gasteiger partial charge < -0.3 is 19.5 Å². The van der Waals surface area contributed by atoms with Gasteiger partial charge in [0.05, 0.1) is 35.4 Å². The number of aliphatic hydroxyl groups excluding tert-OH is 1. The zero-order valence-corrected chi connectivity index (χ0v) is 19.5. The van der Waals surface area contributed by atoms with Crippen LogP contribution in [0.3, 0.4) is 0 Å². The van der Waals surface area contributed by atoms with E-state index in [-0.39, 0.29) is 39.6 Å². The molecule has 1 atom stereocenters. The third-order valence-electron chi connectivity index (χ3n) is 5.00. The van der Waals surface area contributed by atoms with Gasteiger partial charge >= 0.3 is 0 Å². The summed E-state index contributed by atoms with van der Waals surface area (Å²) in [5, 5.41) is 11.6. The van der Waals surface area contributed by atoms with E-state index in [2.05, 4.69) is 4.98 Å². The molecule has 3 rings (SSSR count). The van der Waals surface area contributed by atoms with Crippen molar-refractivity contribution in [1.29, 1.82) is 0 Å². The predicted octanol–water partition coefficient (Wildman–Crippen LogP) is 4.63. The summed E-state index contributed by atoms with van der Waals surface area (Å²) in [6.07, 6.45) is 3.73. The monoisotopic (exact) mass is 478 g/mol. The summed E-state index contributed by atoms with van der Waals surface area (Å²) in [6, 6.07) is 5.52.